The number of rotatable bonds is 4. The van der Waals surface area contributed by atoms with E-state index in [2.05, 4.69) is 15.5 Å². The molecule has 1 unspecified atom stereocenters. The highest BCUT2D eigenvalue weighted by atomic mass is 32.2. The van der Waals surface area contributed by atoms with E-state index in [4.69, 9.17) is 0 Å². The van der Waals surface area contributed by atoms with Gasteiger partial charge in [0, 0.05) is 11.4 Å². The van der Waals surface area contributed by atoms with Gasteiger partial charge in [-0.1, -0.05) is 11.3 Å². The van der Waals surface area contributed by atoms with Crippen LogP contribution in [0.4, 0.5) is 5.13 Å². The molecule has 1 N–H and O–H groups in total. The van der Waals surface area contributed by atoms with Gasteiger partial charge in [0.25, 0.3) is 10.0 Å². The Labute approximate surface area is 136 Å². The second kappa shape index (κ2) is 6.03. The lowest BCUT2D eigenvalue weighted by Gasteiger charge is -2.22. The smallest absolute Gasteiger partial charge is 0.253 e. The number of amides is 1. The van der Waals surface area contributed by atoms with Gasteiger partial charge in [-0.05, 0) is 31.9 Å². The molecule has 2 aromatic rings. The van der Waals surface area contributed by atoms with Crippen molar-refractivity contribution in [3.05, 3.63) is 22.5 Å². The third-order valence-electron chi connectivity index (χ3n) is 3.38. The fourth-order valence-corrected chi connectivity index (χ4v) is 5.89. The molecule has 118 valence electrons. The van der Waals surface area contributed by atoms with E-state index in [1.807, 2.05) is 6.92 Å². The maximum absolute atomic E-state index is 12.7. The second-order valence-corrected chi connectivity index (χ2v) is 9.11. The largest absolute Gasteiger partial charge is 0.299 e. The Hall–Kier alpha value is -1.36. The molecule has 0 aliphatic carbocycles. The predicted molar refractivity (Wildman–Crippen MR) is 84.5 cm³/mol. The van der Waals surface area contributed by atoms with Crippen molar-refractivity contribution in [3.63, 3.8) is 0 Å². The van der Waals surface area contributed by atoms with Crippen LogP contribution in [0.3, 0.4) is 0 Å². The number of hydrogen-bond donors (Lipinski definition) is 1. The molecule has 1 fully saturated rings. The van der Waals surface area contributed by atoms with Crippen molar-refractivity contribution >= 4 is 43.7 Å². The fraction of sp³-hybridized carbons (Fsp3) is 0.417. The zero-order chi connectivity index (χ0) is 15.7. The van der Waals surface area contributed by atoms with Crippen molar-refractivity contribution in [1.29, 1.82) is 0 Å². The minimum Gasteiger partial charge on any atom is -0.299 e. The van der Waals surface area contributed by atoms with E-state index in [1.165, 1.54) is 32.5 Å². The zero-order valence-corrected chi connectivity index (χ0v) is 14.2. The van der Waals surface area contributed by atoms with Crippen LogP contribution in [0.25, 0.3) is 0 Å². The van der Waals surface area contributed by atoms with Gasteiger partial charge in [0.1, 0.15) is 15.8 Å². The summed E-state index contributed by atoms with van der Waals surface area (Å²) in [7, 11) is -3.63. The van der Waals surface area contributed by atoms with E-state index in [0.717, 1.165) is 4.88 Å². The lowest BCUT2D eigenvalue weighted by atomic mass is 10.2. The number of carbonyl (C=O) groups excluding carboxylic acids is 1. The molecular formula is C12H14N4O3S3. The van der Waals surface area contributed by atoms with E-state index < -0.39 is 16.1 Å². The molecule has 1 amide bonds. The van der Waals surface area contributed by atoms with E-state index >= 15 is 0 Å². The summed E-state index contributed by atoms with van der Waals surface area (Å²) in [5, 5.41) is 10.4. The molecule has 1 aliphatic rings. The zero-order valence-electron chi connectivity index (χ0n) is 11.7. The van der Waals surface area contributed by atoms with Crippen molar-refractivity contribution < 1.29 is 13.2 Å². The molecule has 3 heterocycles. The lowest BCUT2D eigenvalue weighted by Crippen LogP contribution is -2.42. The highest BCUT2D eigenvalue weighted by Crippen LogP contribution is 2.30. The first-order valence-electron chi connectivity index (χ1n) is 6.64. The van der Waals surface area contributed by atoms with E-state index in [1.54, 1.807) is 12.1 Å². The topological polar surface area (TPSA) is 92.3 Å². The standard InChI is InChI=1S/C12H14N4O3S3/c1-8-4-5-10(21-8)22(18,19)16-6-2-3-9(16)11(17)14-12-15-13-7-20-12/h4-5,7,9H,2-3,6H2,1H3,(H,14,15,17). The van der Waals surface area contributed by atoms with Crippen molar-refractivity contribution in [2.24, 2.45) is 0 Å². The molecule has 1 saturated heterocycles. The lowest BCUT2D eigenvalue weighted by molar-refractivity contribution is -0.119. The first-order chi connectivity index (χ1) is 10.5. The van der Waals surface area contributed by atoms with Gasteiger partial charge in [-0.3, -0.25) is 10.1 Å². The Morgan fingerprint density at radius 2 is 2.27 bits per heavy atom. The first-order valence-corrected chi connectivity index (χ1v) is 9.77. The van der Waals surface area contributed by atoms with Crippen LogP contribution in [-0.2, 0) is 14.8 Å². The molecule has 10 heteroatoms. The van der Waals surface area contributed by atoms with Crippen LogP contribution < -0.4 is 5.32 Å². The van der Waals surface area contributed by atoms with Gasteiger partial charge in [-0.15, -0.1) is 21.5 Å². The number of sulfonamides is 1. The number of carbonyl (C=O) groups is 1. The molecule has 0 spiro atoms. The first kappa shape index (κ1) is 15.5. The molecule has 1 aliphatic heterocycles. The number of anilines is 1. The van der Waals surface area contributed by atoms with Crippen LogP contribution in [-0.4, -0.2) is 41.4 Å². The fourth-order valence-electron chi connectivity index (χ4n) is 2.37. The average Bonchev–Trinajstić information content (AvgIpc) is 3.18. The highest BCUT2D eigenvalue weighted by Gasteiger charge is 2.40. The normalized spacial score (nSPS) is 19.4. The third-order valence-corrected chi connectivity index (χ3v) is 7.36. The predicted octanol–water partition coefficient (Wildman–Crippen LogP) is 1.70. The second-order valence-electron chi connectivity index (χ2n) is 4.87. The van der Waals surface area contributed by atoms with Crippen LogP contribution in [0.5, 0.6) is 0 Å². The Morgan fingerprint density at radius 3 is 2.91 bits per heavy atom. The molecular weight excluding hydrogens is 344 g/mol. The summed E-state index contributed by atoms with van der Waals surface area (Å²) in [4.78, 5) is 13.3. The molecule has 3 rings (SSSR count). The Balaban J connectivity index is 1.82. The van der Waals surface area contributed by atoms with Crippen LogP contribution in [0.2, 0.25) is 0 Å². The van der Waals surface area contributed by atoms with Crippen LogP contribution >= 0.6 is 22.7 Å². The SMILES string of the molecule is Cc1ccc(S(=O)(=O)N2CCCC2C(=O)Nc2nncs2)s1. The molecule has 1 atom stereocenters. The van der Waals surface area contributed by atoms with Gasteiger partial charge in [0.2, 0.25) is 11.0 Å². The third kappa shape index (κ3) is 2.91. The summed E-state index contributed by atoms with van der Waals surface area (Å²) in [6.07, 6.45) is 1.17. The van der Waals surface area contributed by atoms with Crippen molar-refractivity contribution in [2.75, 3.05) is 11.9 Å². The average molecular weight is 358 g/mol. The van der Waals surface area contributed by atoms with Crippen molar-refractivity contribution in [1.82, 2.24) is 14.5 Å². The molecule has 22 heavy (non-hydrogen) atoms. The summed E-state index contributed by atoms with van der Waals surface area (Å²) in [5.41, 5.74) is 1.51. The maximum Gasteiger partial charge on any atom is 0.253 e. The van der Waals surface area contributed by atoms with Gasteiger partial charge in [-0.25, -0.2) is 8.42 Å². The quantitative estimate of drug-likeness (QED) is 0.898. The minimum absolute atomic E-state index is 0.278. The number of hydrogen-bond acceptors (Lipinski definition) is 7. The van der Waals surface area contributed by atoms with Crippen molar-refractivity contribution in [2.45, 2.75) is 30.0 Å². The summed E-state index contributed by atoms with van der Waals surface area (Å²) in [6.45, 7) is 2.21. The molecule has 0 aromatic carbocycles. The van der Waals surface area contributed by atoms with E-state index in [9.17, 15) is 13.2 Å². The number of nitrogens with zero attached hydrogens (tertiary/aromatic N) is 3. The number of nitrogens with one attached hydrogen (secondary N) is 1. The number of aromatic nitrogens is 2. The van der Waals surface area contributed by atoms with E-state index in [0.29, 0.717) is 24.5 Å². The van der Waals surface area contributed by atoms with Gasteiger partial charge in [0.15, 0.2) is 0 Å². The number of aryl methyl sites for hydroxylation is 1. The highest BCUT2D eigenvalue weighted by molar-refractivity contribution is 7.91. The maximum atomic E-state index is 12.7. The Kier molecular flexibility index (Phi) is 4.26. The van der Waals surface area contributed by atoms with Crippen LogP contribution in [0.1, 0.15) is 17.7 Å². The van der Waals surface area contributed by atoms with Gasteiger partial charge in [0.05, 0.1) is 0 Å². The van der Waals surface area contributed by atoms with Crippen molar-refractivity contribution in [3.8, 4) is 0 Å². The minimum atomic E-state index is -3.63. The monoisotopic (exact) mass is 358 g/mol. The Morgan fingerprint density at radius 1 is 1.45 bits per heavy atom. The van der Waals surface area contributed by atoms with Gasteiger partial charge >= 0.3 is 0 Å². The molecule has 7 nitrogen and oxygen atoms in total. The molecule has 0 bridgehead atoms. The van der Waals surface area contributed by atoms with Gasteiger partial charge in [-0.2, -0.15) is 4.31 Å². The van der Waals surface area contributed by atoms with Gasteiger partial charge < -0.3 is 0 Å². The molecule has 0 saturated carbocycles. The summed E-state index contributed by atoms with van der Waals surface area (Å²) in [5.74, 6) is -0.355. The molecule has 2 aromatic heterocycles. The molecule has 0 radical (unpaired) electrons. The number of thiophene rings is 1. The summed E-state index contributed by atoms with van der Waals surface area (Å²) >= 11 is 2.42. The van der Waals surface area contributed by atoms with Crippen LogP contribution in [0.15, 0.2) is 21.9 Å². The van der Waals surface area contributed by atoms with Crippen LogP contribution in [0, 0.1) is 6.92 Å². The summed E-state index contributed by atoms with van der Waals surface area (Å²) < 4.78 is 27.0. The van der Waals surface area contributed by atoms with E-state index in [-0.39, 0.29) is 10.1 Å². The Bertz CT molecular complexity index is 769. The summed E-state index contributed by atoms with van der Waals surface area (Å²) in [6, 6.07) is 2.66.